The fourth-order valence-electron chi connectivity index (χ4n) is 2.46. The Balaban J connectivity index is 2.07. The summed E-state index contributed by atoms with van der Waals surface area (Å²) in [5, 5.41) is 3.84. The van der Waals surface area contributed by atoms with Crippen LogP contribution in [0.15, 0.2) is 18.2 Å². The molecule has 0 aromatic heterocycles. The first-order chi connectivity index (χ1) is 10.2. The minimum absolute atomic E-state index is 0.0814. The van der Waals surface area contributed by atoms with Gasteiger partial charge in [-0.1, -0.05) is 29.3 Å². The SMILES string of the molecule is CC(C)(C(=O)NC1CCN(C(N)=O)C1)c1ccc(Cl)c(Cl)c1. The van der Waals surface area contributed by atoms with Gasteiger partial charge in [0, 0.05) is 19.1 Å². The molecule has 2 rings (SSSR count). The zero-order valence-corrected chi connectivity index (χ0v) is 14.0. The van der Waals surface area contributed by atoms with Crippen LogP contribution in [0.1, 0.15) is 25.8 Å². The van der Waals surface area contributed by atoms with Gasteiger partial charge in [-0.2, -0.15) is 0 Å². The van der Waals surface area contributed by atoms with Gasteiger partial charge in [-0.3, -0.25) is 4.79 Å². The van der Waals surface area contributed by atoms with Crippen molar-refractivity contribution in [1.29, 1.82) is 0 Å². The number of rotatable bonds is 3. The van der Waals surface area contributed by atoms with Crippen molar-refractivity contribution in [1.82, 2.24) is 10.2 Å². The van der Waals surface area contributed by atoms with Gasteiger partial charge in [-0.25, -0.2) is 4.79 Å². The number of benzene rings is 1. The van der Waals surface area contributed by atoms with Crippen LogP contribution in [0.25, 0.3) is 0 Å². The maximum atomic E-state index is 12.6. The fourth-order valence-corrected chi connectivity index (χ4v) is 2.76. The zero-order valence-electron chi connectivity index (χ0n) is 12.5. The summed E-state index contributed by atoms with van der Waals surface area (Å²) in [6.45, 7) is 4.65. The first-order valence-electron chi connectivity index (χ1n) is 7.02. The lowest BCUT2D eigenvalue weighted by Gasteiger charge is -2.26. The topological polar surface area (TPSA) is 75.4 Å². The summed E-state index contributed by atoms with van der Waals surface area (Å²) in [5.41, 5.74) is 5.27. The van der Waals surface area contributed by atoms with E-state index in [2.05, 4.69) is 5.32 Å². The average molecular weight is 344 g/mol. The second-order valence-corrected chi connectivity index (χ2v) is 6.81. The number of hydrogen-bond donors (Lipinski definition) is 2. The highest BCUT2D eigenvalue weighted by Gasteiger charge is 2.34. The Morgan fingerprint density at radius 1 is 1.32 bits per heavy atom. The number of likely N-dealkylation sites (tertiary alicyclic amines) is 1. The van der Waals surface area contributed by atoms with Crippen molar-refractivity contribution in [2.75, 3.05) is 13.1 Å². The summed E-state index contributed by atoms with van der Waals surface area (Å²) < 4.78 is 0. The molecular formula is C15H19Cl2N3O2. The molecule has 1 fully saturated rings. The van der Waals surface area contributed by atoms with E-state index in [-0.39, 0.29) is 11.9 Å². The Bertz CT molecular complexity index is 604. The lowest BCUT2D eigenvalue weighted by molar-refractivity contribution is -0.126. The van der Waals surface area contributed by atoms with E-state index in [1.807, 2.05) is 13.8 Å². The number of carbonyl (C=O) groups is 2. The monoisotopic (exact) mass is 343 g/mol. The molecule has 3 amide bonds. The summed E-state index contributed by atoms with van der Waals surface area (Å²) >= 11 is 11.9. The molecule has 1 saturated heterocycles. The van der Waals surface area contributed by atoms with Crippen LogP contribution < -0.4 is 11.1 Å². The van der Waals surface area contributed by atoms with Crippen LogP contribution in [0.4, 0.5) is 4.79 Å². The van der Waals surface area contributed by atoms with Gasteiger partial charge in [0.05, 0.1) is 15.5 Å². The van der Waals surface area contributed by atoms with Crippen molar-refractivity contribution in [3.8, 4) is 0 Å². The molecule has 7 heteroatoms. The lowest BCUT2D eigenvalue weighted by atomic mass is 9.83. The average Bonchev–Trinajstić information content (AvgIpc) is 2.90. The summed E-state index contributed by atoms with van der Waals surface area (Å²) in [7, 11) is 0. The van der Waals surface area contributed by atoms with E-state index in [4.69, 9.17) is 28.9 Å². The second-order valence-electron chi connectivity index (χ2n) is 6.00. The van der Waals surface area contributed by atoms with Crippen molar-refractivity contribution in [3.05, 3.63) is 33.8 Å². The number of nitrogens with one attached hydrogen (secondary N) is 1. The van der Waals surface area contributed by atoms with Gasteiger partial charge in [-0.05, 0) is 38.0 Å². The van der Waals surface area contributed by atoms with Crippen LogP contribution in [-0.4, -0.2) is 36.0 Å². The summed E-state index contributed by atoms with van der Waals surface area (Å²) in [6.07, 6.45) is 0.701. The summed E-state index contributed by atoms with van der Waals surface area (Å²) in [5.74, 6) is -0.123. The molecule has 1 aliphatic rings. The molecule has 1 unspecified atom stereocenters. The Morgan fingerprint density at radius 2 is 2.00 bits per heavy atom. The molecule has 3 N–H and O–H groups in total. The highest BCUT2D eigenvalue weighted by atomic mass is 35.5. The number of nitrogens with two attached hydrogens (primary N) is 1. The van der Waals surface area contributed by atoms with Gasteiger partial charge >= 0.3 is 6.03 Å². The van der Waals surface area contributed by atoms with E-state index < -0.39 is 11.4 Å². The van der Waals surface area contributed by atoms with Crippen molar-refractivity contribution >= 4 is 35.1 Å². The molecule has 0 aliphatic carbocycles. The standard InChI is InChI=1S/C15H19Cl2N3O2/c1-15(2,9-3-4-11(16)12(17)7-9)13(21)19-10-5-6-20(8-10)14(18)22/h3-4,7,10H,5-6,8H2,1-2H3,(H2,18,22)(H,19,21). The Labute approximate surface area is 139 Å². The van der Waals surface area contributed by atoms with Gasteiger partial charge in [0.2, 0.25) is 5.91 Å². The number of hydrogen-bond acceptors (Lipinski definition) is 2. The van der Waals surface area contributed by atoms with E-state index in [0.29, 0.717) is 29.6 Å². The number of carbonyl (C=O) groups excluding carboxylic acids is 2. The Morgan fingerprint density at radius 3 is 2.55 bits per heavy atom. The quantitative estimate of drug-likeness (QED) is 0.884. The third kappa shape index (κ3) is 3.47. The van der Waals surface area contributed by atoms with Crippen LogP contribution in [0.5, 0.6) is 0 Å². The van der Waals surface area contributed by atoms with Gasteiger partial charge in [0.25, 0.3) is 0 Å². The molecule has 1 aromatic carbocycles. The van der Waals surface area contributed by atoms with Gasteiger partial charge in [-0.15, -0.1) is 0 Å². The van der Waals surface area contributed by atoms with Gasteiger partial charge in [0.15, 0.2) is 0 Å². The van der Waals surface area contributed by atoms with Crippen LogP contribution in [0.2, 0.25) is 10.0 Å². The molecule has 22 heavy (non-hydrogen) atoms. The maximum absolute atomic E-state index is 12.6. The molecular weight excluding hydrogens is 325 g/mol. The van der Waals surface area contributed by atoms with E-state index >= 15 is 0 Å². The predicted octanol–water partition coefficient (Wildman–Crippen LogP) is 2.54. The minimum atomic E-state index is -0.756. The molecule has 5 nitrogen and oxygen atoms in total. The highest BCUT2D eigenvalue weighted by molar-refractivity contribution is 6.42. The number of urea groups is 1. The molecule has 1 aromatic rings. The predicted molar refractivity (Wildman–Crippen MR) is 87.2 cm³/mol. The summed E-state index contributed by atoms with van der Waals surface area (Å²) in [6, 6.07) is 4.63. The maximum Gasteiger partial charge on any atom is 0.314 e. The van der Waals surface area contributed by atoms with Gasteiger partial charge < -0.3 is 16.0 Å². The van der Waals surface area contributed by atoms with Crippen molar-refractivity contribution in [2.45, 2.75) is 31.7 Å². The zero-order chi connectivity index (χ0) is 16.5. The summed E-state index contributed by atoms with van der Waals surface area (Å²) in [4.78, 5) is 25.2. The van der Waals surface area contributed by atoms with E-state index in [1.165, 1.54) is 4.90 Å². The number of nitrogens with zero attached hydrogens (tertiary/aromatic N) is 1. The number of halogens is 2. The first-order valence-corrected chi connectivity index (χ1v) is 7.78. The normalized spacial score (nSPS) is 18.4. The molecule has 0 bridgehead atoms. The van der Waals surface area contributed by atoms with Crippen LogP contribution in [0.3, 0.4) is 0 Å². The van der Waals surface area contributed by atoms with Crippen molar-refractivity contribution < 1.29 is 9.59 Å². The lowest BCUT2D eigenvalue weighted by Crippen LogP contribution is -2.46. The molecule has 0 spiro atoms. The van der Waals surface area contributed by atoms with Crippen LogP contribution in [-0.2, 0) is 10.2 Å². The third-order valence-electron chi connectivity index (χ3n) is 4.04. The molecule has 0 saturated carbocycles. The van der Waals surface area contributed by atoms with Crippen LogP contribution >= 0.6 is 23.2 Å². The molecule has 0 radical (unpaired) electrons. The second kappa shape index (κ2) is 6.34. The van der Waals surface area contributed by atoms with Crippen molar-refractivity contribution in [3.63, 3.8) is 0 Å². The largest absolute Gasteiger partial charge is 0.351 e. The van der Waals surface area contributed by atoms with Crippen molar-refractivity contribution in [2.24, 2.45) is 5.73 Å². The van der Waals surface area contributed by atoms with E-state index in [0.717, 1.165) is 5.56 Å². The fraction of sp³-hybridized carbons (Fsp3) is 0.467. The molecule has 1 heterocycles. The Kier molecular flexibility index (Phi) is 4.87. The molecule has 1 aliphatic heterocycles. The van der Waals surface area contributed by atoms with Crippen LogP contribution in [0, 0.1) is 0 Å². The molecule has 1 atom stereocenters. The number of primary amides is 1. The van der Waals surface area contributed by atoms with E-state index in [1.54, 1.807) is 18.2 Å². The first kappa shape index (κ1) is 16.9. The minimum Gasteiger partial charge on any atom is -0.351 e. The smallest absolute Gasteiger partial charge is 0.314 e. The molecule has 120 valence electrons. The highest BCUT2D eigenvalue weighted by Crippen LogP contribution is 2.30. The number of amides is 3. The Hall–Kier alpha value is -1.46. The van der Waals surface area contributed by atoms with E-state index in [9.17, 15) is 9.59 Å². The third-order valence-corrected chi connectivity index (χ3v) is 4.78. The van der Waals surface area contributed by atoms with Gasteiger partial charge in [0.1, 0.15) is 0 Å².